The molecule has 0 spiro atoms. The van der Waals surface area contributed by atoms with Crippen molar-refractivity contribution in [3.8, 4) is 0 Å². The summed E-state index contributed by atoms with van der Waals surface area (Å²) in [6, 6.07) is 0. The normalized spacial score (nSPS) is 19.5. The van der Waals surface area contributed by atoms with E-state index in [1.54, 1.807) is 6.20 Å². The molecule has 1 aromatic heterocycles. The van der Waals surface area contributed by atoms with Crippen LogP contribution in [0.5, 0.6) is 0 Å². The van der Waals surface area contributed by atoms with Gasteiger partial charge < -0.3 is 4.74 Å². The molecule has 0 saturated carbocycles. The molecule has 0 atom stereocenters. The van der Waals surface area contributed by atoms with E-state index in [9.17, 15) is 0 Å². The van der Waals surface area contributed by atoms with Crippen molar-refractivity contribution in [1.82, 2.24) is 19.8 Å². The lowest BCUT2D eigenvalue weighted by Gasteiger charge is -2.26. The Morgan fingerprint density at radius 1 is 1.53 bits per heavy atom. The fraction of sp³-hybridized carbons (Fsp3) is 0.778. The number of hydrogen-bond acceptors (Lipinski definition) is 4. The van der Waals surface area contributed by atoms with Crippen molar-refractivity contribution in [1.29, 1.82) is 0 Å². The molecule has 84 valence electrons. The van der Waals surface area contributed by atoms with Crippen LogP contribution in [-0.2, 0) is 11.3 Å². The van der Waals surface area contributed by atoms with Gasteiger partial charge in [-0.25, -0.2) is 4.42 Å². The van der Waals surface area contributed by atoms with Crippen LogP contribution in [0.3, 0.4) is 0 Å². The summed E-state index contributed by atoms with van der Waals surface area (Å²) in [6.45, 7) is 3.24. The number of hydrogen-bond donors (Lipinski definition) is 1. The number of aromatic nitrogens is 3. The molecule has 2 heterocycles. The first-order chi connectivity index (χ1) is 7.34. The van der Waals surface area contributed by atoms with Gasteiger partial charge in [-0.05, 0) is 30.5 Å². The van der Waals surface area contributed by atoms with Crippen LogP contribution in [0.4, 0.5) is 0 Å². The maximum absolute atomic E-state index is 5.87. The molecule has 15 heavy (non-hydrogen) atoms. The lowest BCUT2D eigenvalue weighted by molar-refractivity contribution is 0.0673. The lowest BCUT2D eigenvalue weighted by atomic mass is 9.99. The molecule has 1 aliphatic heterocycles. The average Bonchev–Trinajstić information content (AvgIpc) is 2.74. The van der Waals surface area contributed by atoms with Crippen molar-refractivity contribution in [3.63, 3.8) is 0 Å². The van der Waals surface area contributed by atoms with E-state index in [1.807, 2.05) is 4.42 Å². The van der Waals surface area contributed by atoms with Gasteiger partial charge in [-0.3, -0.25) is 0 Å². The van der Waals surface area contributed by atoms with E-state index in [0.717, 1.165) is 38.2 Å². The van der Waals surface area contributed by atoms with E-state index in [4.69, 9.17) is 16.5 Å². The summed E-state index contributed by atoms with van der Waals surface area (Å²) in [4.78, 5) is 0. The van der Waals surface area contributed by atoms with Crippen molar-refractivity contribution in [2.75, 3.05) is 19.7 Å². The van der Waals surface area contributed by atoms with Crippen LogP contribution in [0.2, 0.25) is 0 Å². The summed E-state index contributed by atoms with van der Waals surface area (Å²) in [5, 5.41) is 10.2. The smallest absolute Gasteiger partial charge is 0.108 e. The van der Waals surface area contributed by atoms with Crippen molar-refractivity contribution in [3.05, 3.63) is 11.9 Å². The number of H-pyrrole nitrogens is 1. The van der Waals surface area contributed by atoms with Gasteiger partial charge in [-0.2, -0.15) is 15.4 Å². The summed E-state index contributed by atoms with van der Waals surface area (Å²) in [5.74, 6) is 0.631. The Labute approximate surface area is 93.9 Å². The fourth-order valence-electron chi connectivity index (χ4n) is 1.69. The molecule has 5 nitrogen and oxygen atoms in total. The van der Waals surface area contributed by atoms with Crippen molar-refractivity contribution < 1.29 is 4.74 Å². The van der Waals surface area contributed by atoms with Gasteiger partial charge >= 0.3 is 0 Å². The Hall–Kier alpha value is -0.650. The third-order valence-corrected chi connectivity index (χ3v) is 2.97. The van der Waals surface area contributed by atoms with Crippen LogP contribution >= 0.6 is 11.8 Å². The first-order valence-electron chi connectivity index (χ1n) is 5.17. The zero-order chi connectivity index (χ0) is 10.5. The lowest BCUT2D eigenvalue weighted by Crippen LogP contribution is -2.28. The largest absolute Gasteiger partial charge is 0.375 e. The van der Waals surface area contributed by atoms with Gasteiger partial charge in [-0.15, -0.1) is 0 Å². The van der Waals surface area contributed by atoms with Gasteiger partial charge in [0.15, 0.2) is 0 Å². The Morgan fingerprint density at radius 3 is 3.00 bits per heavy atom. The highest BCUT2D eigenvalue weighted by Crippen LogP contribution is 2.18. The zero-order valence-electron chi connectivity index (χ0n) is 8.53. The first kappa shape index (κ1) is 10.9. The van der Waals surface area contributed by atoms with Crippen molar-refractivity contribution in [2.24, 2.45) is 5.92 Å². The standard InChI is InChI=1S/C9H15ClN4O/c10-14-3-1-8(2-4-14)6-15-7-9-5-11-13-12-9/h5,8H,1-4,6-7H2,(H,11,12,13). The second kappa shape index (κ2) is 5.44. The van der Waals surface area contributed by atoms with E-state index in [0.29, 0.717) is 12.5 Å². The molecule has 0 bridgehead atoms. The van der Waals surface area contributed by atoms with Gasteiger partial charge in [0.2, 0.25) is 0 Å². The molecular formula is C9H15ClN4O. The molecule has 1 aromatic rings. The fourth-order valence-corrected chi connectivity index (χ4v) is 1.89. The molecule has 6 heteroatoms. The highest BCUT2D eigenvalue weighted by atomic mass is 35.5. The third kappa shape index (κ3) is 3.44. The van der Waals surface area contributed by atoms with E-state index in [2.05, 4.69) is 15.4 Å². The Kier molecular flexibility index (Phi) is 3.94. The van der Waals surface area contributed by atoms with Gasteiger partial charge in [0.25, 0.3) is 0 Å². The highest BCUT2D eigenvalue weighted by molar-refractivity contribution is 6.13. The van der Waals surface area contributed by atoms with E-state index >= 15 is 0 Å². The first-order valence-corrected chi connectivity index (χ1v) is 5.51. The zero-order valence-corrected chi connectivity index (χ0v) is 9.28. The molecule has 1 N–H and O–H groups in total. The predicted octanol–water partition coefficient (Wildman–Crippen LogP) is 1.19. The molecule has 0 unspecified atom stereocenters. The highest BCUT2D eigenvalue weighted by Gasteiger charge is 2.17. The molecular weight excluding hydrogens is 216 g/mol. The van der Waals surface area contributed by atoms with E-state index in [-0.39, 0.29) is 0 Å². The third-order valence-electron chi connectivity index (χ3n) is 2.63. The maximum atomic E-state index is 5.87. The number of nitrogens with zero attached hydrogens (tertiary/aromatic N) is 3. The number of halogens is 1. The van der Waals surface area contributed by atoms with Crippen molar-refractivity contribution >= 4 is 11.8 Å². The summed E-state index contributed by atoms with van der Waals surface area (Å²) in [7, 11) is 0. The SMILES string of the molecule is ClN1CCC(COCc2cn[nH]n2)CC1. The van der Waals surface area contributed by atoms with Crippen LogP contribution in [0.25, 0.3) is 0 Å². The summed E-state index contributed by atoms with van der Waals surface area (Å²) < 4.78 is 7.41. The maximum Gasteiger partial charge on any atom is 0.108 e. The van der Waals surface area contributed by atoms with E-state index in [1.165, 1.54) is 0 Å². The molecule has 1 fully saturated rings. The summed E-state index contributed by atoms with van der Waals surface area (Å²) in [6.07, 6.45) is 3.91. The Balaban J connectivity index is 1.62. The van der Waals surface area contributed by atoms with Gasteiger partial charge in [0.1, 0.15) is 5.69 Å². The Morgan fingerprint density at radius 2 is 2.33 bits per heavy atom. The van der Waals surface area contributed by atoms with Gasteiger partial charge in [0, 0.05) is 13.1 Å². The number of nitrogens with one attached hydrogen (secondary N) is 1. The monoisotopic (exact) mass is 230 g/mol. The minimum atomic E-state index is 0.539. The molecule has 1 aliphatic rings. The minimum Gasteiger partial charge on any atom is -0.375 e. The van der Waals surface area contributed by atoms with Gasteiger partial charge in [0.05, 0.1) is 19.4 Å². The van der Waals surface area contributed by atoms with Crippen LogP contribution < -0.4 is 0 Å². The van der Waals surface area contributed by atoms with Crippen LogP contribution in [0.1, 0.15) is 18.5 Å². The number of ether oxygens (including phenoxy) is 1. The molecule has 1 saturated heterocycles. The quantitative estimate of drug-likeness (QED) is 0.790. The van der Waals surface area contributed by atoms with Crippen LogP contribution in [-0.4, -0.2) is 39.5 Å². The molecule has 2 rings (SSSR count). The number of aromatic amines is 1. The molecule has 0 aliphatic carbocycles. The topological polar surface area (TPSA) is 54.0 Å². The van der Waals surface area contributed by atoms with E-state index < -0.39 is 0 Å². The van der Waals surface area contributed by atoms with Crippen molar-refractivity contribution in [2.45, 2.75) is 19.4 Å². The second-order valence-electron chi connectivity index (χ2n) is 3.83. The summed E-state index contributed by atoms with van der Waals surface area (Å²) >= 11 is 5.87. The van der Waals surface area contributed by atoms with Crippen LogP contribution in [0, 0.1) is 5.92 Å². The van der Waals surface area contributed by atoms with Gasteiger partial charge in [-0.1, -0.05) is 0 Å². The average molecular weight is 231 g/mol. The Bertz CT molecular complexity index is 272. The van der Waals surface area contributed by atoms with Crippen LogP contribution in [0.15, 0.2) is 6.20 Å². The predicted molar refractivity (Wildman–Crippen MR) is 56.2 cm³/mol. The second-order valence-corrected chi connectivity index (χ2v) is 4.31. The molecule has 0 amide bonds. The molecule has 0 aromatic carbocycles. The number of piperidine rings is 1. The minimum absolute atomic E-state index is 0.539. The number of rotatable bonds is 4. The summed E-state index contributed by atoms with van der Waals surface area (Å²) in [5.41, 5.74) is 0.852. The molecule has 0 radical (unpaired) electrons.